The predicted molar refractivity (Wildman–Crippen MR) is 120 cm³/mol. The first-order valence-corrected chi connectivity index (χ1v) is 11.3. The molecule has 0 atom stereocenters. The monoisotopic (exact) mass is 418 g/mol. The molecule has 160 valence electrons. The molecule has 0 aliphatic heterocycles. The zero-order valence-electron chi connectivity index (χ0n) is 18.5. The number of carbonyl (C=O) groups is 1. The van der Waals surface area contributed by atoms with Crippen LogP contribution in [0.4, 0.5) is 0 Å². The number of nitrogens with zero attached hydrogens (tertiary/aromatic N) is 2. The summed E-state index contributed by atoms with van der Waals surface area (Å²) in [4.78, 5) is 17.0. The number of benzene rings is 1. The van der Waals surface area contributed by atoms with E-state index in [9.17, 15) is 9.90 Å². The fourth-order valence-corrected chi connectivity index (χ4v) is 4.54. The molecule has 1 aromatic heterocycles. The molecule has 0 spiro atoms. The van der Waals surface area contributed by atoms with Gasteiger partial charge < -0.3 is 9.67 Å². The van der Waals surface area contributed by atoms with E-state index in [0.717, 1.165) is 41.7 Å². The van der Waals surface area contributed by atoms with Crippen molar-refractivity contribution >= 4 is 28.4 Å². The summed E-state index contributed by atoms with van der Waals surface area (Å²) >= 11 is 6.44. The van der Waals surface area contributed by atoms with Gasteiger partial charge in [0.25, 0.3) is 0 Å². The van der Waals surface area contributed by atoms with Crippen molar-refractivity contribution in [2.45, 2.75) is 97.6 Å². The van der Waals surface area contributed by atoms with E-state index >= 15 is 0 Å². The van der Waals surface area contributed by atoms with Gasteiger partial charge >= 0.3 is 0 Å². The highest BCUT2D eigenvalue weighted by atomic mass is 35.5. The molecule has 1 heterocycles. The van der Waals surface area contributed by atoms with Crippen molar-refractivity contribution in [1.82, 2.24) is 9.55 Å². The Morgan fingerprint density at radius 2 is 1.90 bits per heavy atom. The Morgan fingerprint density at radius 3 is 2.45 bits per heavy atom. The second-order valence-corrected chi connectivity index (χ2v) is 10.8. The number of hydrogen-bond donors (Lipinski definition) is 1. The third kappa shape index (κ3) is 5.40. The first-order chi connectivity index (χ1) is 13.5. The van der Waals surface area contributed by atoms with Crippen LogP contribution >= 0.6 is 11.6 Å². The van der Waals surface area contributed by atoms with Crippen LogP contribution in [0.15, 0.2) is 12.1 Å². The number of fused-ring (bicyclic) bond motifs is 1. The second-order valence-electron chi connectivity index (χ2n) is 10.3. The van der Waals surface area contributed by atoms with Gasteiger partial charge in [-0.05, 0) is 63.5 Å². The molecule has 5 heteroatoms. The molecule has 1 aliphatic carbocycles. The standard InChI is InChI=1S/C24H35ClN2O2/c1-23(2,3)15-17(28)11-6-7-12-22-26-20-14-19(25)18(24(4,5)29)13-21(20)27(22)16-9-8-10-16/h13-14,16,29H,6-12,15H2,1-5H3. The Hall–Kier alpha value is -1.39. The van der Waals surface area contributed by atoms with Crippen LogP contribution in [-0.4, -0.2) is 20.4 Å². The van der Waals surface area contributed by atoms with Crippen LogP contribution in [0, 0.1) is 5.41 Å². The molecule has 3 rings (SSSR count). The summed E-state index contributed by atoms with van der Waals surface area (Å²) < 4.78 is 2.36. The molecular formula is C24H35ClN2O2. The number of Topliss-reactive ketones (excluding diaryl/α,β-unsaturated/α-hetero) is 1. The summed E-state index contributed by atoms with van der Waals surface area (Å²) in [6.45, 7) is 9.86. The van der Waals surface area contributed by atoms with Gasteiger partial charge in [-0.1, -0.05) is 32.4 Å². The smallest absolute Gasteiger partial charge is 0.133 e. The van der Waals surface area contributed by atoms with Gasteiger partial charge in [0.15, 0.2) is 0 Å². The molecule has 0 bridgehead atoms. The first kappa shape index (κ1) is 22.3. The van der Waals surface area contributed by atoms with E-state index in [1.807, 2.05) is 12.1 Å². The molecule has 1 aliphatic rings. The van der Waals surface area contributed by atoms with Gasteiger partial charge in [-0.3, -0.25) is 4.79 Å². The van der Waals surface area contributed by atoms with Crippen molar-refractivity contribution in [2.75, 3.05) is 0 Å². The minimum Gasteiger partial charge on any atom is -0.386 e. The highest BCUT2D eigenvalue weighted by Gasteiger charge is 2.27. The molecular weight excluding hydrogens is 384 g/mol. The van der Waals surface area contributed by atoms with E-state index in [1.54, 1.807) is 13.8 Å². The van der Waals surface area contributed by atoms with E-state index in [1.165, 1.54) is 19.3 Å². The Kier molecular flexibility index (Phi) is 6.45. The zero-order chi connectivity index (χ0) is 21.4. The Balaban J connectivity index is 1.78. The van der Waals surface area contributed by atoms with E-state index in [4.69, 9.17) is 16.6 Å². The molecule has 1 saturated carbocycles. The summed E-state index contributed by atoms with van der Waals surface area (Å²) in [5.41, 5.74) is 1.77. The number of hydrogen-bond acceptors (Lipinski definition) is 3. The quantitative estimate of drug-likeness (QED) is 0.507. The zero-order valence-corrected chi connectivity index (χ0v) is 19.3. The number of carbonyl (C=O) groups excluding carboxylic acids is 1. The third-order valence-corrected chi connectivity index (χ3v) is 6.10. The van der Waals surface area contributed by atoms with E-state index in [0.29, 0.717) is 29.7 Å². The van der Waals surface area contributed by atoms with Crippen molar-refractivity contribution in [3.05, 3.63) is 28.5 Å². The maximum atomic E-state index is 12.2. The normalized spacial score (nSPS) is 15.7. The lowest BCUT2D eigenvalue weighted by atomic mass is 9.88. The number of aliphatic hydroxyl groups is 1. The number of unbranched alkanes of at least 4 members (excludes halogenated alkanes) is 1. The van der Waals surface area contributed by atoms with Crippen LogP contribution in [0.25, 0.3) is 11.0 Å². The van der Waals surface area contributed by atoms with Gasteiger partial charge in [-0.15, -0.1) is 0 Å². The molecule has 1 N–H and O–H groups in total. The topological polar surface area (TPSA) is 55.1 Å². The third-order valence-electron chi connectivity index (χ3n) is 5.78. The summed E-state index contributed by atoms with van der Waals surface area (Å²) in [6, 6.07) is 4.38. The number of rotatable bonds is 8. The lowest BCUT2D eigenvalue weighted by molar-refractivity contribution is -0.120. The molecule has 0 radical (unpaired) electrons. The number of aromatic nitrogens is 2. The fourth-order valence-electron chi connectivity index (χ4n) is 4.15. The summed E-state index contributed by atoms with van der Waals surface area (Å²) in [6.07, 6.45) is 7.60. The largest absolute Gasteiger partial charge is 0.386 e. The first-order valence-electron chi connectivity index (χ1n) is 10.9. The van der Waals surface area contributed by atoms with Gasteiger partial charge in [-0.2, -0.15) is 0 Å². The average Bonchev–Trinajstić information content (AvgIpc) is 2.84. The van der Waals surface area contributed by atoms with Gasteiger partial charge in [0.05, 0.1) is 16.6 Å². The Bertz CT molecular complexity index is 883. The summed E-state index contributed by atoms with van der Waals surface area (Å²) in [7, 11) is 0. The molecule has 0 amide bonds. The highest BCUT2D eigenvalue weighted by molar-refractivity contribution is 6.32. The molecule has 1 aromatic carbocycles. The number of aryl methyl sites for hydroxylation is 1. The molecule has 29 heavy (non-hydrogen) atoms. The van der Waals surface area contributed by atoms with Crippen molar-refractivity contribution in [3.63, 3.8) is 0 Å². The maximum absolute atomic E-state index is 12.2. The summed E-state index contributed by atoms with van der Waals surface area (Å²) in [5, 5.41) is 11.1. The van der Waals surface area contributed by atoms with Crippen molar-refractivity contribution < 1.29 is 9.90 Å². The Morgan fingerprint density at radius 1 is 1.21 bits per heavy atom. The molecule has 0 unspecified atom stereocenters. The van der Waals surface area contributed by atoms with E-state index in [2.05, 4.69) is 25.3 Å². The highest BCUT2D eigenvalue weighted by Crippen LogP contribution is 2.38. The maximum Gasteiger partial charge on any atom is 0.133 e. The minimum atomic E-state index is -0.992. The lowest BCUT2D eigenvalue weighted by Gasteiger charge is -2.29. The molecule has 1 fully saturated rings. The number of imidazole rings is 1. The van der Waals surface area contributed by atoms with Crippen LogP contribution in [0.3, 0.4) is 0 Å². The fraction of sp³-hybridized carbons (Fsp3) is 0.667. The molecule has 0 saturated heterocycles. The van der Waals surface area contributed by atoms with Gasteiger partial charge in [-0.25, -0.2) is 4.98 Å². The van der Waals surface area contributed by atoms with E-state index in [-0.39, 0.29) is 5.41 Å². The summed E-state index contributed by atoms with van der Waals surface area (Å²) in [5.74, 6) is 1.43. The number of halogens is 1. The van der Waals surface area contributed by atoms with Crippen molar-refractivity contribution in [2.24, 2.45) is 5.41 Å². The van der Waals surface area contributed by atoms with Crippen LogP contribution < -0.4 is 0 Å². The van der Waals surface area contributed by atoms with Crippen LogP contribution in [0.5, 0.6) is 0 Å². The SMILES string of the molecule is CC(C)(C)CC(=O)CCCCc1nc2cc(Cl)c(C(C)(C)O)cc2n1C1CCC1. The van der Waals surface area contributed by atoms with Gasteiger partial charge in [0.2, 0.25) is 0 Å². The molecule has 2 aromatic rings. The van der Waals surface area contributed by atoms with Crippen molar-refractivity contribution in [3.8, 4) is 0 Å². The van der Waals surface area contributed by atoms with Crippen molar-refractivity contribution in [1.29, 1.82) is 0 Å². The Labute approximate surface area is 179 Å². The number of ketones is 1. The predicted octanol–water partition coefficient (Wildman–Crippen LogP) is 6.36. The second kappa shape index (κ2) is 8.39. The van der Waals surface area contributed by atoms with Crippen LogP contribution in [0.1, 0.15) is 97.0 Å². The molecule has 4 nitrogen and oxygen atoms in total. The lowest BCUT2D eigenvalue weighted by Crippen LogP contribution is -2.20. The van der Waals surface area contributed by atoms with E-state index < -0.39 is 5.60 Å². The van der Waals surface area contributed by atoms with Crippen LogP contribution in [-0.2, 0) is 16.8 Å². The average molecular weight is 419 g/mol. The minimum absolute atomic E-state index is 0.0622. The van der Waals surface area contributed by atoms with Gasteiger partial charge in [0.1, 0.15) is 11.6 Å². The van der Waals surface area contributed by atoms with Gasteiger partial charge in [0, 0.05) is 35.9 Å². The van der Waals surface area contributed by atoms with Crippen LogP contribution in [0.2, 0.25) is 5.02 Å².